The number of hydrogen-bond acceptors (Lipinski definition) is 1. The largest absolute Gasteiger partial charge is 0.400 e. The van der Waals surface area contributed by atoms with Crippen molar-refractivity contribution < 1.29 is 5.11 Å². The highest BCUT2D eigenvalue weighted by atomic mass is 16.2. The van der Waals surface area contributed by atoms with Crippen LogP contribution in [0.25, 0.3) is 0 Å². The fourth-order valence-corrected chi connectivity index (χ4v) is 4.96. The van der Waals surface area contributed by atoms with Crippen LogP contribution in [-0.4, -0.2) is 12.2 Å². The maximum atomic E-state index is 7.00. The van der Waals surface area contributed by atoms with E-state index in [0.717, 1.165) is 13.0 Å². The Morgan fingerprint density at radius 1 is 0.889 bits per heavy atom. The molecule has 2 saturated carbocycles. The number of aliphatic hydroxyl groups excluding tert-OH is 1. The van der Waals surface area contributed by atoms with E-state index in [1.165, 1.54) is 95.5 Å². The van der Waals surface area contributed by atoms with E-state index in [0.29, 0.717) is 5.41 Å². The van der Waals surface area contributed by atoms with Crippen molar-refractivity contribution in [3.8, 4) is 0 Å². The van der Waals surface area contributed by atoms with Crippen LogP contribution in [0.4, 0.5) is 0 Å². The van der Waals surface area contributed by atoms with Gasteiger partial charge in [-0.1, -0.05) is 94.7 Å². The molecule has 0 bridgehead atoms. The van der Waals surface area contributed by atoms with Crippen LogP contribution in [0.2, 0.25) is 0 Å². The van der Waals surface area contributed by atoms with Crippen molar-refractivity contribution in [3.63, 3.8) is 0 Å². The van der Waals surface area contributed by atoms with E-state index >= 15 is 0 Å². The van der Waals surface area contributed by atoms with Gasteiger partial charge in [0.15, 0.2) is 0 Å². The number of benzene rings is 1. The minimum absolute atomic E-state index is 0.331. The molecule has 27 heavy (non-hydrogen) atoms. The maximum absolute atomic E-state index is 7.00. The van der Waals surface area contributed by atoms with Crippen LogP contribution in [0.3, 0.4) is 0 Å². The third-order valence-electron chi connectivity index (χ3n) is 6.68. The lowest BCUT2D eigenvalue weighted by molar-refractivity contribution is 0.351. The minimum atomic E-state index is 0.331. The molecule has 3 rings (SSSR count). The van der Waals surface area contributed by atoms with Crippen LogP contribution in [0, 0.1) is 5.92 Å². The third-order valence-corrected chi connectivity index (χ3v) is 6.68. The van der Waals surface area contributed by atoms with Crippen molar-refractivity contribution >= 4 is 0 Å². The van der Waals surface area contributed by atoms with Gasteiger partial charge in [0.1, 0.15) is 0 Å². The summed E-state index contributed by atoms with van der Waals surface area (Å²) in [6.45, 7) is 2.29. The first-order valence-corrected chi connectivity index (χ1v) is 11.6. The molecule has 0 aromatic heterocycles. The van der Waals surface area contributed by atoms with Crippen molar-refractivity contribution in [2.45, 2.75) is 102 Å². The molecule has 0 amide bonds. The maximum Gasteiger partial charge on any atom is 0.0319 e. The van der Waals surface area contributed by atoms with Crippen molar-refractivity contribution in [3.05, 3.63) is 47.5 Å². The van der Waals surface area contributed by atoms with E-state index in [1.54, 1.807) is 5.56 Å². The lowest BCUT2D eigenvalue weighted by Gasteiger charge is -2.36. The van der Waals surface area contributed by atoms with Gasteiger partial charge in [0.2, 0.25) is 0 Å². The molecule has 0 atom stereocenters. The molecule has 1 aromatic carbocycles. The SMILES string of the molecule is CCCCCc1ccc(C2(/C=C/C3CCCCC3)CCCCC2)cc1.CO. The normalized spacial score (nSPS) is 20.3. The molecule has 0 saturated heterocycles. The number of hydrogen-bond donors (Lipinski definition) is 1. The van der Waals surface area contributed by atoms with Crippen LogP contribution >= 0.6 is 0 Å². The van der Waals surface area contributed by atoms with Gasteiger partial charge in [-0.25, -0.2) is 0 Å². The number of aliphatic hydroxyl groups is 1. The first kappa shape index (κ1) is 22.2. The lowest BCUT2D eigenvalue weighted by Crippen LogP contribution is -2.27. The minimum Gasteiger partial charge on any atom is -0.400 e. The van der Waals surface area contributed by atoms with Crippen molar-refractivity contribution in [1.29, 1.82) is 0 Å². The summed E-state index contributed by atoms with van der Waals surface area (Å²) in [6.07, 6.45) is 24.6. The molecule has 0 spiro atoms. The van der Waals surface area contributed by atoms with Gasteiger partial charge < -0.3 is 5.11 Å². The van der Waals surface area contributed by atoms with E-state index in [2.05, 4.69) is 43.3 Å². The fraction of sp³-hybridized carbons (Fsp3) is 0.692. The molecular formula is C26H42O. The summed E-state index contributed by atoms with van der Waals surface area (Å²) in [7, 11) is 1.00. The molecule has 0 heterocycles. The van der Waals surface area contributed by atoms with E-state index < -0.39 is 0 Å². The van der Waals surface area contributed by atoms with Crippen molar-refractivity contribution in [2.24, 2.45) is 5.92 Å². The zero-order chi connectivity index (χ0) is 19.4. The quantitative estimate of drug-likeness (QED) is 0.392. The van der Waals surface area contributed by atoms with E-state index in [-0.39, 0.29) is 0 Å². The van der Waals surface area contributed by atoms with Crippen molar-refractivity contribution in [2.75, 3.05) is 7.11 Å². The summed E-state index contributed by atoms with van der Waals surface area (Å²) in [4.78, 5) is 0. The topological polar surface area (TPSA) is 20.2 Å². The Kier molecular flexibility index (Phi) is 10.2. The Morgan fingerprint density at radius 2 is 1.52 bits per heavy atom. The van der Waals surface area contributed by atoms with Gasteiger partial charge in [0.25, 0.3) is 0 Å². The molecular weight excluding hydrogens is 328 g/mol. The molecule has 1 heteroatoms. The van der Waals surface area contributed by atoms with Crippen LogP contribution in [-0.2, 0) is 11.8 Å². The van der Waals surface area contributed by atoms with Gasteiger partial charge >= 0.3 is 0 Å². The van der Waals surface area contributed by atoms with E-state index in [9.17, 15) is 0 Å². The first-order chi connectivity index (χ1) is 13.3. The van der Waals surface area contributed by atoms with Crippen LogP contribution in [0.5, 0.6) is 0 Å². The number of aryl methyl sites for hydroxylation is 1. The summed E-state index contributed by atoms with van der Waals surface area (Å²) >= 11 is 0. The predicted molar refractivity (Wildman–Crippen MR) is 118 cm³/mol. The lowest BCUT2D eigenvalue weighted by atomic mass is 9.68. The number of rotatable bonds is 7. The van der Waals surface area contributed by atoms with Crippen molar-refractivity contribution in [1.82, 2.24) is 0 Å². The standard InChI is InChI=1S/C25H38.CH4O/c1-2-3-6-11-23-14-16-24(17-15-23)25(19-9-5-10-20-25)21-18-22-12-7-4-8-13-22;1-2/h14-18,21-22H,2-13,19-20H2,1H3;2H,1H3/b21-18+;. The Bertz CT molecular complexity index is 516. The zero-order valence-corrected chi connectivity index (χ0v) is 17.9. The Balaban J connectivity index is 0.00000126. The molecule has 2 aliphatic carbocycles. The summed E-state index contributed by atoms with van der Waals surface area (Å²) in [5, 5.41) is 7.00. The Hall–Kier alpha value is -1.08. The highest BCUT2D eigenvalue weighted by Gasteiger charge is 2.31. The van der Waals surface area contributed by atoms with Gasteiger partial charge in [0, 0.05) is 12.5 Å². The average molecular weight is 371 g/mol. The summed E-state index contributed by atoms with van der Waals surface area (Å²) in [6, 6.07) is 9.74. The summed E-state index contributed by atoms with van der Waals surface area (Å²) < 4.78 is 0. The molecule has 0 aliphatic heterocycles. The fourth-order valence-electron chi connectivity index (χ4n) is 4.96. The molecule has 2 fully saturated rings. The smallest absolute Gasteiger partial charge is 0.0319 e. The highest BCUT2D eigenvalue weighted by Crippen LogP contribution is 2.41. The van der Waals surface area contributed by atoms with Gasteiger partial charge in [-0.15, -0.1) is 0 Å². The van der Waals surface area contributed by atoms with Gasteiger partial charge in [-0.05, 0) is 55.6 Å². The molecule has 0 unspecified atom stereocenters. The van der Waals surface area contributed by atoms with Gasteiger partial charge in [0.05, 0.1) is 0 Å². The summed E-state index contributed by atoms with van der Waals surface area (Å²) in [5.74, 6) is 0.848. The zero-order valence-electron chi connectivity index (χ0n) is 17.9. The highest BCUT2D eigenvalue weighted by molar-refractivity contribution is 5.34. The van der Waals surface area contributed by atoms with Crippen LogP contribution in [0.15, 0.2) is 36.4 Å². The monoisotopic (exact) mass is 370 g/mol. The molecule has 1 aromatic rings. The molecule has 1 N–H and O–H groups in total. The van der Waals surface area contributed by atoms with Crippen LogP contribution < -0.4 is 0 Å². The summed E-state index contributed by atoms with van der Waals surface area (Å²) in [5.41, 5.74) is 3.44. The second kappa shape index (κ2) is 12.4. The first-order valence-electron chi connectivity index (χ1n) is 11.6. The molecule has 152 valence electrons. The third kappa shape index (κ3) is 6.79. The van der Waals surface area contributed by atoms with Gasteiger partial charge in [-0.2, -0.15) is 0 Å². The molecule has 1 nitrogen and oxygen atoms in total. The second-order valence-corrected chi connectivity index (χ2v) is 8.63. The average Bonchev–Trinajstić information content (AvgIpc) is 2.76. The number of allylic oxidation sites excluding steroid dienone is 2. The molecule has 0 radical (unpaired) electrons. The Morgan fingerprint density at radius 3 is 2.15 bits per heavy atom. The number of unbranched alkanes of at least 4 members (excludes halogenated alkanes) is 2. The van der Waals surface area contributed by atoms with Gasteiger partial charge in [-0.3, -0.25) is 0 Å². The predicted octanol–water partition coefficient (Wildman–Crippen LogP) is 7.37. The Labute approximate surface area is 168 Å². The van der Waals surface area contributed by atoms with Crippen LogP contribution in [0.1, 0.15) is 102 Å². The van der Waals surface area contributed by atoms with E-state index in [1.807, 2.05) is 0 Å². The molecule has 2 aliphatic rings. The van der Waals surface area contributed by atoms with E-state index in [4.69, 9.17) is 5.11 Å². The second-order valence-electron chi connectivity index (χ2n) is 8.63.